The van der Waals surface area contributed by atoms with Crippen molar-refractivity contribution in [3.63, 3.8) is 0 Å². The summed E-state index contributed by atoms with van der Waals surface area (Å²) in [5.74, 6) is -0.116. The molecule has 0 bridgehead atoms. The van der Waals surface area contributed by atoms with E-state index in [9.17, 15) is 8.78 Å². The van der Waals surface area contributed by atoms with Crippen LogP contribution in [0.1, 0.15) is 18.4 Å². The van der Waals surface area contributed by atoms with Crippen LogP contribution in [0.25, 0.3) is 0 Å². The van der Waals surface area contributed by atoms with Gasteiger partial charge < -0.3 is 5.73 Å². The lowest BCUT2D eigenvalue weighted by atomic mass is 9.97. The summed E-state index contributed by atoms with van der Waals surface area (Å²) in [7, 11) is 0. The molecule has 17 heavy (non-hydrogen) atoms. The van der Waals surface area contributed by atoms with Gasteiger partial charge in [0.2, 0.25) is 0 Å². The highest BCUT2D eigenvalue weighted by atomic mass is 19.1. The molecule has 0 spiro atoms. The summed E-state index contributed by atoms with van der Waals surface area (Å²) in [4.78, 5) is 2.16. The first-order chi connectivity index (χ1) is 8.19. The van der Waals surface area contributed by atoms with Gasteiger partial charge in [-0.1, -0.05) is 0 Å². The number of halogens is 2. The average molecular weight is 240 g/mol. The van der Waals surface area contributed by atoms with E-state index in [0.717, 1.165) is 38.5 Å². The summed E-state index contributed by atoms with van der Waals surface area (Å²) in [5.41, 5.74) is 6.06. The molecule has 94 valence electrons. The molecule has 1 heterocycles. The number of hydrogen-bond acceptors (Lipinski definition) is 2. The van der Waals surface area contributed by atoms with Crippen LogP contribution in [0, 0.1) is 17.6 Å². The molecule has 0 aromatic heterocycles. The van der Waals surface area contributed by atoms with Gasteiger partial charge >= 0.3 is 0 Å². The van der Waals surface area contributed by atoms with Gasteiger partial charge in [-0.2, -0.15) is 0 Å². The molecule has 1 aliphatic rings. The first-order valence-corrected chi connectivity index (χ1v) is 6.05. The van der Waals surface area contributed by atoms with Crippen molar-refractivity contribution in [1.82, 2.24) is 4.90 Å². The highest BCUT2D eigenvalue weighted by Crippen LogP contribution is 2.19. The number of nitrogens with zero attached hydrogens (tertiary/aromatic N) is 1. The van der Waals surface area contributed by atoms with E-state index in [1.54, 1.807) is 0 Å². The number of piperidine rings is 1. The second-order valence-corrected chi connectivity index (χ2v) is 4.69. The van der Waals surface area contributed by atoms with Crippen LogP contribution in [-0.4, -0.2) is 24.5 Å². The van der Waals surface area contributed by atoms with E-state index in [2.05, 4.69) is 4.90 Å². The molecule has 2 N–H and O–H groups in total. The van der Waals surface area contributed by atoms with Gasteiger partial charge in [0.1, 0.15) is 11.6 Å². The lowest BCUT2D eigenvalue weighted by molar-refractivity contribution is 0.178. The Bertz CT molecular complexity index is 374. The minimum Gasteiger partial charge on any atom is -0.330 e. The number of likely N-dealkylation sites (tertiary alicyclic amines) is 1. The summed E-state index contributed by atoms with van der Waals surface area (Å²) in [6.45, 7) is 3.04. The fraction of sp³-hybridized carbons (Fsp3) is 0.538. The van der Waals surface area contributed by atoms with Crippen molar-refractivity contribution in [2.75, 3.05) is 19.6 Å². The lowest BCUT2D eigenvalue weighted by Gasteiger charge is -2.31. The third kappa shape index (κ3) is 3.23. The number of benzene rings is 1. The molecule has 0 radical (unpaired) electrons. The molecule has 1 aliphatic heterocycles. The predicted molar refractivity (Wildman–Crippen MR) is 63.4 cm³/mol. The smallest absolute Gasteiger partial charge is 0.127 e. The van der Waals surface area contributed by atoms with Gasteiger partial charge in [-0.15, -0.1) is 0 Å². The van der Waals surface area contributed by atoms with Gasteiger partial charge in [0.15, 0.2) is 0 Å². The zero-order valence-electron chi connectivity index (χ0n) is 9.83. The first kappa shape index (κ1) is 12.5. The van der Waals surface area contributed by atoms with Crippen LogP contribution in [0.4, 0.5) is 8.78 Å². The summed E-state index contributed by atoms with van der Waals surface area (Å²) < 4.78 is 26.5. The standard InChI is InChI=1S/C13H18F2N2/c14-12-1-2-13(15)11(7-12)9-17-5-3-10(8-16)4-6-17/h1-2,7,10H,3-6,8-9,16H2. The van der Waals surface area contributed by atoms with Crippen molar-refractivity contribution in [3.8, 4) is 0 Å². The van der Waals surface area contributed by atoms with Gasteiger partial charge in [0, 0.05) is 12.1 Å². The maximum Gasteiger partial charge on any atom is 0.127 e. The molecule has 2 nitrogen and oxygen atoms in total. The Hall–Kier alpha value is -1.00. The van der Waals surface area contributed by atoms with Crippen LogP contribution in [-0.2, 0) is 6.54 Å². The topological polar surface area (TPSA) is 29.3 Å². The van der Waals surface area contributed by atoms with E-state index in [-0.39, 0.29) is 11.6 Å². The van der Waals surface area contributed by atoms with Gasteiger partial charge in [-0.3, -0.25) is 4.90 Å². The third-order valence-corrected chi connectivity index (χ3v) is 3.44. The van der Waals surface area contributed by atoms with Crippen molar-refractivity contribution < 1.29 is 8.78 Å². The fourth-order valence-electron chi connectivity index (χ4n) is 2.29. The van der Waals surface area contributed by atoms with Crippen LogP contribution in [0.15, 0.2) is 18.2 Å². The van der Waals surface area contributed by atoms with E-state index >= 15 is 0 Å². The Labute approximate surface area is 100 Å². The molecule has 2 rings (SSSR count). The van der Waals surface area contributed by atoms with E-state index in [0.29, 0.717) is 18.0 Å². The maximum atomic E-state index is 13.5. The van der Waals surface area contributed by atoms with E-state index in [4.69, 9.17) is 5.73 Å². The van der Waals surface area contributed by atoms with Crippen LogP contribution in [0.3, 0.4) is 0 Å². The minimum absolute atomic E-state index is 0.327. The predicted octanol–water partition coefficient (Wildman–Crippen LogP) is 2.14. The largest absolute Gasteiger partial charge is 0.330 e. The zero-order chi connectivity index (χ0) is 12.3. The highest BCUT2D eigenvalue weighted by molar-refractivity contribution is 5.18. The first-order valence-electron chi connectivity index (χ1n) is 6.05. The fourth-order valence-corrected chi connectivity index (χ4v) is 2.29. The zero-order valence-corrected chi connectivity index (χ0v) is 9.83. The van der Waals surface area contributed by atoms with Crippen molar-refractivity contribution in [1.29, 1.82) is 0 Å². The van der Waals surface area contributed by atoms with Gasteiger partial charge in [-0.25, -0.2) is 8.78 Å². The Kier molecular flexibility index (Phi) is 4.07. The summed E-state index contributed by atoms with van der Waals surface area (Å²) in [6.07, 6.45) is 2.10. The average Bonchev–Trinajstić information content (AvgIpc) is 2.35. The van der Waals surface area contributed by atoms with Crippen LogP contribution < -0.4 is 5.73 Å². The van der Waals surface area contributed by atoms with E-state index < -0.39 is 0 Å². The molecule has 0 atom stereocenters. The van der Waals surface area contributed by atoms with Gasteiger partial charge in [0.05, 0.1) is 0 Å². The van der Waals surface area contributed by atoms with Crippen LogP contribution in [0.2, 0.25) is 0 Å². The molecular formula is C13H18F2N2. The number of hydrogen-bond donors (Lipinski definition) is 1. The van der Waals surface area contributed by atoms with E-state index in [1.807, 2.05) is 0 Å². The number of rotatable bonds is 3. The molecule has 0 amide bonds. The quantitative estimate of drug-likeness (QED) is 0.877. The molecule has 1 aromatic carbocycles. The molecular weight excluding hydrogens is 222 g/mol. The molecule has 0 unspecified atom stereocenters. The lowest BCUT2D eigenvalue weighted by Crippen LogP contribution is -2.35. The minimum atomic E-state index is -0.377. The second-order valence-electron chi connectivity index (χ2n) is 4.69. The second kappa shape index (κ2) is 5.56. The molecule has 1 aromatic rings. The summed E-state index contributed by atoms with van der Waals surface area (Å²) in [6, 6.07) is 3.63. The number of nitrogens with two attached hydrogens (primary N) is 1. The molecule has 0 saturated carbocycles. The molecule has 0 aliphatic carbocycles. The van der Waals surface area contributed by atoms with Crippen LogP contribution >= 0.6 is 0 Å². The maximum absolute atomic E-state index is 13.5. The monoisotopic (exact) mass is 240 g/mol. The normalized spacial score (nSPS) is 18.5. The Morgan fingerprint density at radius 1 is 1.24 bits per heavy atom. The Morgan fingerprint density at radius 3 is 2.59 bits per heavy atom. The SMILES string of the molecule is NCC1CCN(Cc2cc(F)ccc2F)CC1. The van der Waals surface area contributed by atoms with Crippen molar-refractivity contribution in [3.05, 3.63) is 35.4 Å². The molecule has 4 heteroatoms. The summed E-state index contributed by atoms with van der Waals surface area (Å²) >= 11 is 0. The molecule has 1 fully saturated rings. The van der Waals surface area contributed by atoms with E-state index in [1.165, 1.54) is 12.1 Å². The van der Waals surface area contributed by atoms with Gasteiger partial charge in [0.25, 0.3) is 0 Å². The third-order valence-electron chi connectivity index (χ3n) is 3.44. The Morgan fingerprint density at radius 2 is 1.94 bits per heavy atom. The van der Waals surface area contributed by atoms with Crippen LogP contribution in [0.5, 0.6) is 0 Å². The summed E-state index contributed by atoms with van der Waals surface area (Å²) in [5, 5.41) is 0. The molecule has 1 saturated heterocycles. The Balaban J connectivity index is 1.95. The van der Waals surface area contributed by atoms with Crippen molar-refractivity contribution in [2.45, 2.75) is 19.4 Å². The van der Waals surface area contributed by atoms with Crippen molar-refractivity contribution in [2.24, 2.45) is 11.7 Å². The highest BCUT2D eigenvalue weighted by Gasteiger charge is 2.19. The van der Waals surface area contributed by atoms with Gasteiger partial charge in [-0.05, 0) is 56.6 Å². The van der Waals surface area contributed by atoms with Crippen molar-refractivity contribution >= 4 is 0 Å².